The number of nitrogens with one attached hydrogen (secondary N) is 2. The van der Waals surface area contributed by atoms with Gasteiger partial charge in [-0.2, -0.15) is 0 Å². The summed E-state index contributed by atoms with van der Waals surface area (Å²) >= 11 is 0. The van der Waals surface area contributed by atoms with Gasteiger partial charge in [-0.05, 0) is 24.3 Å². The van der Waals surface area contributed by atoms with Crippen LogP contribution in [-0.2, 0) is 11.3 Å². The lowest BCUT2D eigenvalue weighted by atomic mass is 10.2. The summed E-state index contributed by atoms with van der Waals surface area (Å²) in [6.45, 7) is 0.554. The fourth-order valence-electron chi connectivity index (χ4n) is 2.13. The number of carbonyl (C=O) groups is 1. The van der Waals surface area contributed by atoms with Gasteiger partial charge in [-0.3, -0.25) is 9.78 Å². The molecule has 5 heteroatoms. The van der Waals surface area contributed by atoms with Gasteiger partial charge in [0.05, 0.1) is 18.8 Å². The molecule has 1 aromatic carbocycles. The molecule has 0 fully saturated rings. The van der Waals surface area contributed by atoms with Crippen LogP contribution < -0.4 is 10.6 Å². The predicted molar refractivity (Wildman–Crippen MR) is 88.7 cm³/mol. The Morgan fingerprint density at radius 3 is 2.70 bits per heavy atom. The minimum absolute atomic E-state index is 0.105. The zero-order chi connectivity index (χ0) is 15.9. The van der Waals surface area contributed by atoms with Crippen LogP contribution in [0.1, 0.15) is 5.76 Å². The van der Waals surface area contributed by atoms with Crippen LogP contribution in [0.5, 0.6) is 0 Å². The summed E-state index contributed by atoms with van der Waals surface area (Å²) in [5.41, 5.74) is 1.83. The highest BCUT2D eigenvalue weighted by Crippen LogP contribution is 2.21. The summed E-state index contributed by atoms with van der Waals surface area (Å²) in [6.07, 6.45) is 3.36. The Bertz CT molecular complexity index is 754. The molecule has 3 rings (SSSR count). The van der Waals surface area contributed by atoms with Crippen molar-refractivity contribution >= 4 is 11.6 Å². The summed E-state index contributed by atoms with van der Waals surface area (Å²) in [4.78, 5) is 15.8. The number of nitrogens with zero attached hydrogens (tertiary/aromatic N) is 1. The fraction of sp³-hybridized carbons (Fsp3) is 0.111. The van der Waals surface area contributed by atoms with Gasteiger partial charge in [0.2, 0.25) is 5.91 Å². The largest absolute Gasteiger partial charge is 0.459 e. The first-order valence-corrected chi connectivity index (χ1v) is 7.36. The number of hydrogen-bond donors (Lipinski definition) is 2. The van der Waals surface area contributed by atoms with E-state index in [0.717, 1.165) is 22.8 Å². The minimum atomic E-state index is -0.105. The maximum Gasteiger partial charge on any atom is 0.239 e. The molecule has 1 amide bonds. The van der Waals surface area contributed by atoms with Crippen LogP contribution in [0, 0.1) is 0 Å². The molecule has 2 aromatic heterocycles. The summed E-state index contributed by atoms with van der Waals surface area (Å²) < 4.78 is 5.74. The summed E-state index contributed by atoms with van der Waals surface area (Å²) in [7, 11) is 0. The van der Waals surface area contributed by atoms with Gasteiger partial charge < -0.3 is 15.1 Å². The molecule has 0 aliphatic heterocycles. The molecule has 5 nitrogen and oxygen atoms in total. The van der Waals surface area contributed by atoms with Crippen LogP contribution in [0.4, 0.5) is 5.69 Å². The molecule has 0 aliphatic carbocycles. The van der Waals surface area contributed by atoms with Crippen LogP contribution in [0.3, 0.4) is 0 Å². The molecule has 0 saturated carbocycles. The average molecular weight is 307 g/mol. The normalized spacial score (nSPS) is 10.3. The number of rotatable bonds is 6. The van der Waals surface area contributed by atoms with Crippen molar-refractivity contribution in [1.29, 1.82) is 0 Å². The molecule has 3 aromatic rings. The second-order valence-electron chi connectivity index (χ2n) is 5.00. The molecule has 2 heterocycles. The molecule has 0 bridgehead atoms. The van der Waals surface area contributed by atoms with E-state index in [1.165, 1.54) is 0 Å². The monoisotopic (exact) mass is 307 g/mol. The van der Waals surface area contributed by atoms with Crippen LogP contribution in [-0.4, -0.2) is 17.4 Å². The first kappa shape index (κ1) is 14.8. The van der Waals surface area contributed by atoms with Gasteiger partial charge in [0.15, 0.2) is 0 Å². The highest BCUT2D eigenvalue weighted by atomic mass is 16.3. The average Bonchev–Trinajstić information content (AvgIpc) is 3.09. The van der Waals surface area contributed by atoms with Gasteiger partial charge in [-0.15, -0.1) is 0 Å². The van der Waals surface area contributed by atoms with Crippen molar-refractivity contribution in [3.8, 4) is 11.3 Å². The molecular weight excluding hydrogens is 290 g/mol. The van der Waals surface area contributed by atoms with Crippen LogP contribution in [0.2, 0.25) is 0 Å². The lowest BCUT2D eigenvalue weighted by Gasteiger charge is -2.06. The Labute approximate surface area is 134 Å². The molecule has 0 radical (unpaired) electrons. The van der Waals surface area contributed by atoms with Gasteiger partial charge in [-0.1, -0.05) is 30.3 Å². The van der Waals surface area contributed by atoms with Gasteiger partial charge in [0, 0.05) is 18.0 Å². The maximum absolute atomic E-state index is 11.8. The predicted octanol–water partition coefficient (Wildman–Crippen LogP) is 3.07. The first-order chi connectivity index (χ1) is 11.3. The molecule has 2 N–H and O–H groups in total. The third-order valence-corrected chi connectivity index (χ3v) is 3.29. The van der Waals surface area contributed by atoms with Crippen molar-refractivity contribution in [3.05, 3.63) is 72.8 Å². The number of furan rings is 1. The lowest BCUT2D eigenvalue weighted by Crippen LogP contribution is -2.29. The minimum Gasteiger partial charge on any atom is -0.459 e. The molecule has 116 valence electrons. The van der Waals surface area contributed by atoms with E-state index in [9.17, 15) is 4.79 Å². The second kappa shape index (κ2) is 7.26. The Morgan fingerprint density at radius 2 is 1.91 bits per heavy atom. The number of anilines is 1. The zero-order valence-corrected chi connectivity index (χ0v) is 12.5. The highest BCUT2D eigenvalue weighted by Gasteiger charge is 2.06. The van der Waals surface area contributed by atoms with Gasteiger partial charge in [-0.25, -0.2) is 0 Å². The number of hydrogen-bond acceptors (Lipinski definition) is 4. The summed E-state index contributed by atoms with van der Waals surface area (Å²) in [5.74, 6) is 1.41. The third kappa shape index (κ3) is 4.20. The van der Waals surface area contributed by atoms with Gasteiger partial charge >= 0.3 is 0 Å². The lowest BCUT2D eigenvalue weighted by molar-refractivity contribution is -0.119. The zero-order valence-electron chi connectivity index (χ0n) is 12.5. The summed E-state index contributed by atoms with van der Waals surface area (Å²) in [5, 5.41) is 5.82. The number of aromatic nitrogens is 1. The van der Waals surface area contributed by atoms with Crippen molar-refractivity contribution in [2.45, 2.75) is 6.54 Å². The van der Waals surface area contributed by atoms with Crippen LogP contribution >= 0.6 is 0 Å². The second-order valence-corrected chi connectivity index (χ2v) is 5.00. The van der Waals surface area contributed by atoms with E-state index in [1.54, 1.807) is 12.4 Å². The van der Waals surface area contributed by atoms with Gasteiger partial charge in [0.1, 0.15) is 11.5 Å². The number of carbonyl (C=O) groups excluding carboxylic acids is 1. The van der Waals surface area contributed by atoms with Crippen LogP contribution in [0.25, 0.3) is 11.3 Å². The van der Waals surface area contributed by atoms with E-state index in [1.807, 2.05) is 54.6 Å². The fourth-order valence-corrected chi connectivity index (χ4v) is 2.13. The SMILES string of the molecule is O=C(CNc1cccnc1)NCc1ccc(-c2ccccc2)o1. The van der Waals surface area contributed by atoms with E-state index in [4.69, 9.17) is 4.42 Å². The highest BCUT2D eigenvalue weighted by molar-refractivity contribution is 5.80. The Morgan fingerprint density at radius 1 is 1.04 bits per heavy atom. The quantitative estimate of drug-likeness (QED) is 0.734. The number of benzene rings is 1. The van der Waals surface area contributed by atoms with E-state index >= 15 is 0 Å². The molecule has 0 aliphatic rings. The maximum atomic E-state index is 11.8. The van der Waals surface area contributed by atoms with Crippen molar-refractivity contribution in [2.24, 2.45) is 0 Å². The Balaban J connectivity index is 1.49. The van der Waals surface area contributed by atoms with Gasteiger partial charge in [0.25, 0.3) is 0 Å². The van der Waals surface area contributed by atoms with E-state index in [2.05, 4.69) is 15.6 Å². The molecular formula is C18H17N3O2. The van der Waals surface area contributed by atoms with Crippen molar-refractivity contribution < 1.29 is 9.21 Å². The number of amides is 1. The Hall–Kier alpha value is -3.08. The van der Waals surface area contributed by atoms with Crippen molar-refractivity contribution in [3.63, 3.8) is 0 Å². The molecule has 0 atom stereocenters. The summed E-state index contributed by atoms with van der Waals surface area (Å²) in [6, 6.07) is 17.3. The molecule has 0 saturated heterocycles. The van der Waals surface area contributed by atoms with E-state index < -0.39 is 0 Å². The Kier molecular flexibility index (Phi) is 4.69. The van der Waals surface area contributed by atoms with E-state index in [-0.39, 0.29) is 12.5 Å². The van der Waals surface area contributed by atoms with Crippen molar-refractivity contribution in [2.75, 3.05) is 11.9 Å². The van der Waals surface area contributed by atoms with Crippen molar-refractivity contribution in [1.82, 2.24) is 10.3 Å². The standard InChI is InChI=1S/C18H17N3O2/c22-18(13-20-15-7-4-10-19-11-15)21-12-16-8-9-17(23-16)14-5-2-1-3-6-14/h1-11,20H,12-13H2,(H,21,22). The molecule has 0 spiro atoms. The number of pyridine rings is 1. The topological polar surface area (TPSA) is 67.2 Å². The molecule has 23 heavy (non-hydrogen) atoms. The van der Waals surface area contributed by atoms with E-state index in [0.29, 0.717) is 6.54 Å². The smallest absolute Gasteiger partial charge is 0.239 e. The third-order valence-electron chi connectivity index (χ3n) is 3.29. The van der Waals surface area contributed by atoms with Crippen LogP contribution in [0.15, 0.2) is 71.4 Å². The first-order valence-electron chi connectivity index (χ1n) is 7.36. The molecule has 0 unspecified atom stereocenters.